The number of aliphatic hydroxyl groups is 1. The second-order valence-corrected chi connectivity index (χ2v) is 3.81. The lowest BCUT2D eigenvalue weighted by Gasteiger charge is -2.29. The molecular weight excluding hydrogens is 225 g/mol. The van der Waals surface area contributed by atoms with E-state index in [1.54, 1.807) is 0 Å². The van der Waals surface area contributed by atoms with Crippen LogP contribution < -0.4 is 11.1 Å². The fourth-order valence-electron chi connectivity index (χ4n) is 1.95. The van der Waals surface area contributed by atoms with Gasteiger partial charge in [-0.15, -0.1) is 0 Å². The minimum atomic E-state index is -5.00. The van der Waals surface area contributed by atoms with Gasteiger partial charge in [-0.3, -0.25) is 4.79 Å². The Balaban J connectivity index is 2.45. The topological polar surface area (TPSA) is 75.3 Å². The van der Waals surface area contributed by atoms with E-state index in [1.165, 1.54) is 12.2 Å². The Morgan fingerprint density at radius 1 is 1.56 bits per heavy atom. The van der Waals surface area contributed by atoms with E-state index in [1.807, 2.05) is 5.32 Å². The summed E-state index contributed by atoms with van der Waals surface area (Å²) >= 11 is 0. The van der Waals surface area contributed by atoms with Crippen LogP contribution >= 0.6 is 0 Å². The first-order valence-corrected chi connectivity index (χ1v) is 4.54. The number of hydrogen-bond donors (Lipinski definition) is 3. The predicted octanol–water partition coefficient (Wildman–Crippen LogP) is 0.156. The number of carbonyl (C=O) groups is 1. The van der Waals surface area contributed by atoms with Gasteiger partial charge in [0.15, 0.2) is 0 Å². The highest BCUT2D eigenvalue weighted by molar-refractivity contribution is 5.92. The van der Waals surface area contributed by atoms with Crippen molar-refractivity contribution in [1.82, 2.24) is 5.32 Å². The molecule has 0 radical (unpaired) electrons. The fourth-order valence-corrected chi connectivity index (χ4v) is 1.95. The fraction of sp³-hybridized carbons (Fsp3) is 0.444. The monoisotopic (exact) mass is 234 g/mol. The molecule has 2 rings (SSSR count). The zero-order valence-corrected chi connectivity index (χ0v) is 8.01. The third kappa shape index (κ3) is 1.24. The molecule has 0 aromatic rings. The van der Waals surface area contributed by atoms with Crippen LogP contribution in [0.1, 0.15) is 6.42 Å². The van der Waals surface area contributed by atoms with E-state index in [4.69, 9.17) is 5.73 Å². The lowest BCUT2D eigenvalue weighted by atomic mass is 9.83. The van der Waals surface area contributed by atoms with Crippen LogP contribution in [0.2, 0.25) is 0 Å². The first-order valence-electron chi connectivity index (χ1n) is 4.54. The van der Waals surface area contributed by atoms with Gasteiger partial charge in [-0.2, -0.15) is 13.2 Å². The average molecular weight is 234 g/mol. The first-order chi connectivity index (χ1) is 7.26. The molecule has 1 saturated heterocycles. The van der Waals surface area contributed by atoms with E-state index in [0.717, 1.165) is 0 Å². The number of rotatable bonds is 0. The summed E-state index contributed by atoms with van der Waals surface area (Å²) in [5.74, 6) is -2.77. The van der Waals surface area contributed by atoms with Crippen molar-refractivity contribution < 1.29 is 23.1 Å². The Morgan fingerprint density at radius 3 is 2.75 bits per heavy atom. The molecule has 7 heteroatoms. The first kappa shape index (κ1) is 11.0. The highest BCUT2D eigenvalue weighted by Gasteiger charge is 2.68. The molecule has 1 fully saturated rings. The van der Waals surface area contributed by atoms with Gasteiger partial charge in [0.1, 0.15) is 0 Å². The maximum Gasteiger partial charge on any atom is 0.427 e. The summed E-state index contributed by atoms with van der Waals surface area (Å²) in [6.45, 7) is 0. The van der Waals surface area contributed by atoms with Crippen LogP contribution in [0.3, 0.4) is 0 Å². The molecule has 4 N–H and O–H groups in total. The molecule has 2 unspecified atom stereocenters. The largest absolute Gasteiger partial charge is 0.427 e. The molecule has 1 heterocycles. The Bertz CT molecular complexity index is 413. The Morgan fingerprint density at radius 2 is 2.19 bits per heavy atom. The van der Waals surface area contributed by atoms with Crippen molar-refractivity contribution >= 4 is 5.91 Å². The van der Waals surface area contributed by atoms with Crippen molar-refractivity contribution in [2.24, 2.45) is 11.7 Å². The summed E-state index contributed by atoms with van der Waals surface area (Å²) < 4.78 is 38.0. The van der Waals surface area contributed by atoms with Gasteiger partial charge < -0.3 is 16.2 Å². The highest BCUT2D eigenvalue weighted by atomic mass is 19.4. The van der Waals surface area contributed by atoms with Crippen molar-refractivity contribution in [2.45, 2.75) is 18.2 Å². The van der Waals surface area contributed by atoms with Crippen LogP contribution in [-0.4, -0.2) is 22.8 Å². The zero-order chi connectivity index (χ0) is 12.1. The number of nitrogens with two attached hydrogens (primary N) is 1. The SMILES string of the molecule is NC1=CCC2C(=C1)NC(=O)C2(O)C(F)(F)F. The third-order valence-electron chi connectivity index (χ3n) is 2.83. The molecule has 1 aliphatic heterocycles. The molecule has 0 aromatic carbocycles. The van der Waals surface area contributed by atoms with Gasteiger partial charge in [0.25, 0.3) is 5.91 Å². The number of hydrogen-bond acceptors (Lipinski definition) is 3. The molecule has 1 aliphatic carbocycles. The molecule has 88 valence electrons. The molecule has 0 aromatic heterocycles. The van der Waals surface area contributed by atoms with Crippen molar-refractivity contribution in [3.63, 3.8) is 0 Å². The Labute approximate surface area is 88.6 Å². The van der Waals surface area contributed by atoms with Gasteiger partial charge in [0, 0.05) is 17.3 Å². The van der Waals surface area contributed by atoms with Gasteiger partial charge in [-0.25, -0.2) is 0 Å². The highest BCUT2D eigenvalue weighted by Crippen LogP contribution is 2.46. The van der Waals surface area contributed by atoms with Gasteiger partial charge in [0.2, 0.25) is 5.60 Å². The van der Waals surface area contributed by atoms with E-state index in [-0.39, 0.29) is 17.8 Å². The Kier molecular flexibility index (Phi) is 2.06. The van der Waals surface area contributed by atoms with Crippen LogP contribution in [-0.2, 0) is 4.79 Å². The number of carbonyl (C=O) groups excluding carboxylic acids is 1. The molecule has 4 nitrogen and oxygen atoms in total. The lowest BCUT2D eigenvalue weighted by Crippen LogP contribution is -2.55. The summed E-state index contributed by atoms with van der Waals surface area (Å²) in [6, 6.07) is 0. The van der Waals surface area contributed by atoms with E-state index in [9.17, 15) is 23.1 Å². The van der Waals surface area contributed by atoms with Crippen LogP contribution in [0.15, 0.2) is 23.5 Å². The molecule has 2 atom stereocenters. The number of alkyl halides is 3. The predicted molar refractivity (Wildman–Crippen MR) is 47.6 cm³/mol. The summed E-state index contributed by atoms with van der Waals surface area (Å²) in [5, 5.41) is 11.5. The van der Waals surface area contributed by atoms with Crippen molar-refractivity contribution in [3.05, 3.63) is 23.5 Å². The molecule has 0 bridgehead atoms. The van der Waals surface area contributed by atoms with Crippen LogP contribution in [0, 0.1) is 5.92 Å². The molecule has 16 heavy (non-hydrogen) atoms. The van der Waals surface area contributed by atoms with Crippen LogP contribution in [0.5, 0.6) is 0 Å². The Hall–Kier alpha value is -1.50. The smallest absolute Gasteiger partial charge is 0.399 e. The van der Waals surface area contributed by atoms with E-state index in [2.05, 4.69) is 0 Å². The lowest BCUT2D eigenvalue weighted by molar-refractivity contribution is -0.258. The zero-order valence-electron chi connectivity index (χ0n) is 8.01. The third-order valence-corrected chi connectivity index (χ3v) is 2.83. The van der Waals surface area contributed by atoms with Crippen LogP contribution in [0.4, 0.5) is 13.2 Å². The summed E-state index contributed by atoms with van der Waals surface area (Å²) in [5.41, 5.74) is 2.35. The van der Waals surface area contributed by atoms with Gasteiger partial charge in [0.05, 0.1) is 0 Å². The van der Waals surface area contributed by atoms with Gasteiger partial charge >= 0.3 is 6.18 Å². The number of allylic oxidation sites excluding steroid dienone is 2. The molecular formula is C9H9F3N2O2. The number of nitrogens with one attached hydrogen (secondary N) is 1. The summed E-state index contributed by atoms with van der Waals surface area (Å²) in [7, 11) is 0. The maximum absolute atomic E-state index is 12.7. The molecule has 0 spiro atoms. The molecule has 0 saturated carbocycles. The van der Waals surface area contributed by atoms with Crippen molar-refractivity contribution in [1.29, 1.82) is 0 Å². The van der Waals surface area contributed by atoms with Crippen LogP contribution in [0.25, 0.3) is 0 Å². The maximum atomic E-state index is 12.7. The summed E-state index contributed by atoms with van der Waals surface area (Å²) in [6.07, 6.45) is -2.54. The second kappa shape index (κ2) is 3.00. The van der Waals surface area contributed by atoms with Crippen molar-refractivity contribution in [2.75, 3.05) is 0 Å². The molecule has 2 aliphatic rings. The van der Waals surface area contributed by atoms with E-state index >= 15 is 0 Å². The minimum Gasteiger partial charge on any atom is -0.399 e. The number of halogens is 3. The van der Waals surface area contributed by atoms with Gasteiger partial charge in [-0.05, 0) is 12.5 Å². The van der Waals surface area contributed by atoms with Gasteiger partial charge in [-0.1, -0.05) is 6.08 Å². The van der Waals surface area contributed by atoms with E-state index in [0.29, 0.717) is 0 Å². The second-order valence-electron chi connectivity index (χ2n) is 3.81. The number of amides is 1. The molecule has 1 amide bonds. The quantitative estimate of drug-likeness (QED) is 0.558. The normalized spacial score (nSPS) is 34.0. The number of fused-ring (bicyclic) bond motifs is 1. The minimum absolute atomic E-state index is 0.0184. The standard InChI is InChI=1S/C9H9F3N2O2/c10-9(11,12)8(16)5-2-1-4(13)3-6(5)14-7(8)15/h1,3,5,16H,2,13H2,(H,14,15). The van der Waals surface area contributed by atoms with E-state index < -0.39 is 23.6 Å². The average Bonchev–Trinajstić information content (AvgIpc) is 2.38. The summed E-state index contributed by atoms with van der Waals surface area (Å²) in [4.78, 5) is 11.2. The van der Waals surface area contributed by atoms with Crippen molar-refractivity contribution in [3.8, 4) is 0 Å².